The van der Waals surface area contributed by atoms with Crippen LogP contribution in [0.5, 0.6) is 0 Å². The fraction of sp³-hybridized carbons (Fsp3) is 0.294. The number of anilines is 2. The summed E-state index contributed by atoms with van der Waals surface area (Å²) in [6, 6.07) is 5.85. The number of nitrogens with zero attached hydrogens (tertiary/aromatic N) is 5. The molecule has 1 aromatic carbocycles. The first kappa shape index (κ1) is 19.1. The molecule has 0 aliphatic carbocycles. The summed E-state index contributed by atoms with van der Waals surface area (Å²) in [5.41, 5.74) is 9.56. The van der Waals surface area contributed by atoms with Crippen molar-refractivity contribution in [3.63, 3.8) is 0 Å². The van der Waals surface area contributed by atoms with Gasteiger partial charge >= 0.3 is 0 Å². The number of nitrogens with one attached hydrogen (secondary N) is 1. The Balaban J connectivity index is 1.62. The molecule has 4 rings (SSSR count). The Bertz CT molecular complexity index is 1060. The second kappa shape index (κ2) is 7.67. The minimum atomic E-state index is -1.30. The first-order valence-corrected chi connectivity index (χ1v) is 8.65. The molecule has 3 aromatic rings. The Morgan fingerprint density at radius 1 is 1.31 bits per heavy atom. The molecule has 29 heavy (non-hydrogen) atoms. The van der Waals surface area contributed by atoms with Crippen molar-refractivity contribution in [1.29, 1.82) is 0 Å². The summed E-state index contributed by atoms with van der Waals surface area (Å²) in [7, 11) is 0. The zero-order chi connectivity index (χ0) is 20.5. The second-order valence-corrected chi connectivity index (χ2v) is 6.41. The van der Waals surface area contributed by atoms with Crippen LogP contribution in [0.15, 0.2) is 35.7 Å². The number of aromatic nitrogens is 4. The molecule has 11 nitrogen and oxygen atoms in total. The van der Waals surface area contributed by atoms with Crippen LogP contribution in [0.1, 0.15) is 11.8 Å². The summed E-state index contributed by atoms with van der Waals surface area (Å²) in [6.45, 7) is -0.458. The topological polar surface area (TPSA) is 164 Å². The Labute approximate surface area is 163 Å². The molecule has 4 unspecified atom stereocenters. The molecule has 3 heterocycles. The molecule has 2 aromatic heterocycles. The third-order valence-electron chi connectivity index (χ3n) is 4.47. The Kier molecular flexibility index (Phi) is 5.07. The van der Waals surface area contributed by atoms with Crippen LogP contribution in [0, 0.1) is 5.82 Å². The number of rotatable bonds is 5. The third-order valence-corrected chi connectivity index (χ3v) is 4.47. The van der Waals surface area contributed by atoms with E-state index < -0.39 is 37.0 Å². The number of imidazole rings is 1. The Morgan fingerprint density at radius 3 is 2.86 bits per heavy atom. The minimum absolute atomic E-state index is 0.0381. The van der Waals surface area contributed by atoms with Gasteiger partial charge in [-0.3, -0.25) is 4.57 Å². The number of aliphatic hydroxyl groups is 3. The molecule has 1 aliphatic heterocycles. The van der Waals surface area contributed by atoms with Crippen LogP contribution in [0.2, 0.25) is 0 Å². The summed E-state index contributed by atoms with van der Waals surface area (Å²) in [6.07, 6.45) is -1.81. The maximum atomic E-state index is 13.2. The van der Waals surface area contributed by atoms with Gasteiger partial charge in [0.1, 0.15) is 29.6 Å². The highest BCUT2D eigenvalue weighted by atomic mass is 19.1. The van der Waals surface area contributed by atoms with Crippen molar-refractivity contribution in [2.75, 3.05) is 17.8 Å². The maximum absolute atomic E-state index is 13.2. The van der Waals surface area contributed by atoms with E-state index in [1.807, 2.05) is 0 Å². The van der Waals surface area contributed by atoms with Crippen LogP contribution in [-0.4, -0.2) is 66.0 Å². The van der Waals surface area contributed by atoms with E-state index >= 15 is 0 Å². The fourth-order valence-corrected chi connectivity index (χ4v) is 3.04. The number of halogens is 1. The number of benzene rings is 1. The molecule has 0 bridgehead atoms. The van der Waals surface area contributed by atoms with E-state index in [-0.39, 0.29) is 22.9 Å². The molecule has 1 saturated heterocycles. The molecule has 12 heteroatoms. The van der Waals surface area contributed by atoms with Gasteiger partial charge in [-0.05, 0) is 17.7 Å². The lowest BCUT2D eigenvalue weighted by Gasteiger charge is -2.16. The average Bonchev–Trinajstić information content (AvgIpc) is 3.24. The molecule has 4 atom stereocenters. The standard InChI is InChI=1S/C17H18FN7O4/c18-9-3-1-2-8(4-9)5-21-24-17-22-14(19)11-15(23-17)25(7-20-11)16-13(28)12(27)10(6-26)29-16/h1-5,7,10,12-13,16,26-28H,6H2,(H3,19,22,23,24)/b21-5+. The molecule has 0 saturated carbocycles. The Morgan fingerprint density at radius 2 is 2.14 bits per heavy atom. The second-order valence-electron chi connectivity index (χ2n) is 6.41. The van der Waals surface area contributed by atoms with Gasteiger partial charge in [0.15, 0.2) is 17.7 Å². The van der Waals surface area contributed by atoms with E-state index in [4.69, 9.17) is 10.5 Å². The zero-order valence-corrected chi connectivity index (χ0v) is 14.9. The predicted octanol–water partition coefficient (Wildman–Crippen LogP) is -0.395. The summed E-state index contributed by atoms with van der Waals surface area (Å²) in [5, 5.41) is 33.4. The van der Waals surface area contributed by atoms with Crippen molar-refractivity contribution in [1.82, 2.24) is 19.5 Å². The van der Waals surface area contributed by atoms with Crippen LogP contribution >= 0.6 is 0 Å². The summed E-state index contributed by atoms with van der Waals surface area (Å²) in [5.74, 6) is -0.293. The third kappa shape index (κ3) is 3.61. The van der Waals surface area contributed by atoms with Crippen LogP contribution in [0.3, 0.4) is 0 Å². The van der Waals surface area contributed by atoms with Gasteiger partial charge in [-0.15, -0.1) is 0 Å². The van der Waals surface area contributed by atoms with Gasteiger partial charge in [0.2, 0.25) is 5.95 Å². The number of aliphatic hydroxyl groups excluding tert-OH is 3. The lowest BCUT2D eigenvalue weighted by Crippen LogP contribution is -2.33. The molecule has 152 valence electrons. The zero-order valence-electron chi connectivity index (χ0n) is 14.9. The van der Waals surface area contributed by atoms with Crippen molar-refractivity contribution in [2.45, 2.75) is 24.5 Å². The normalized spacial score (nSPS) is 24.6. The molecule has 6 N–H and O–H groups in total. The smallest absolute Gasteiger partial charge is 0.247 e. The van der Waals surface area contributed by atoms with Crippen molar-refractivity contribution in [3.05, 3.63) is 42.0 Å². The number of nitrogen functional groups attached to an aromatic ring is 1. The first-order chi connectivity index (χ1) is 14.0. The molecule has 0 spiro atoms. The van der Waals surface area contributed by atoms with Crippen LogP contribution in [0.25, 0.3) is 11.2 Å². The lowest BCUT2D eigenvalue weighted by atomic mass is 10.1. The molecular formula is C17H18FN7O4. The molecular weight excluding hydrogens is 385 g/mol. The van der Waals surface area contributed by atoms with Gasteiger partial charge in [0, 0.05) is 0 Å². The van der Waals surface area contributed by atoms with Gasteiger partial charge in [-0.25, -0.2) is 14.8 Å². The summed E-state index contributed by atoms with van der Waals surface area (Å²) >= 11 is 0. The van der Waals surface area contributed by atoms with Gasteiger partial charge in [0.05, 0.1) is 19.1 Å². The number of hydrazone groups is 1. The molecule has 1 aliphatic rings. The fourth-order valence-electron chi connectivity index (χ4n) is 3.04. The number of ether oxygens (including phenoxy) is 1. The SMILES string of the molecule is Nc1nc(N/N=C/c2cccc(F)c2)nc2c1ncn2C1OC(CO)C(O)C1O. The van der Waals surface area contributed by atoms with E-state index in [2.05, 4.69) is 25.5 Å². The van der Waals surface area contributed by atoms with Crippen molar-refractivity contribution in [2.24, 2.45) is 5.10 Å². The molecule has 0 amide bonds. The van der Waals surface area contributed by atoms with E-state index in [0.717, 1.165) is 0 Å². The van der Waals surface area contributed by atoms with Crippen LogP contribution in [-0.2, 0) is 4.74 Å². The number of hydrogen-bond acceptors (Lipinski definition) is 10. The summed E-state index contributed by atoms with van der Waals surface area (Å²) < 4.78 is 20.1. The molecule has 0 radical (unpaired) electrons. The quantitative estimate of drug-likeness (QED) is 0.282. The van der Waals surface area contributed by atoms with Gasteiger partial charge in [-0.1, -0.05) is 12.1 Å². The lowest BCUT2D eigenvalue weighted by molar-refractivity contribution is -0.0511. The van der Waals surface area contributed by atoms with Gasteiger partial charge < -0.3 is 25.8 Å². The highest BCUT2D eigenvalue weighted by molar-refractivity contribution is 5.83. The largest absolute Gasteiger partial charge is 0.394 e. The number of hydrogen-bond donors (Lipinski definition) is 5. The van der Waals surface area contributed by atoms with E-state index in [1.54, 1.807) is 12.1 Å². The highest BCUT2D eigenvalue weighted by Gasteiger charge is 2.44. The minimum Gasteiger partial charge on any atom is -0.394 e. The van der Waals surface area contributed by atoms with Crippen molar-refractivity contribution >= 4 is 29.1 Å². The monoisotopic (exact) mass is 403 g/mol. The van der Waals surface area contributed by atoms with E-state index in [0.29, 0.717) is 5.56 Å². The van der Waals surface area contributed by atoms with Crippen molar-refractivity contribution < 1.29 is 24.4 Å². The van der Waals surface area contributed by atoms with E-state index in [9.17, 15) is 19.7 Å². The predicted molar refractivity (Wildman–Crippen MR) is 100 cm³/mol. The number of nitrogens with two attached hydrogens (primary N) is 1. The van der Waals surface area contributed by atoms with Gasteiger partial charge in [-0.2, -0.15) is 15.1 Å². The highest BCUT2D eigenvalue weighted by Crippen LogP contribution is 2.32. The van der Waals surface area contributed by atoms with Crippen molar-refractivity contribution in [3.8, 4) is 0 Å². The Hall–Kier alpha value is -3.19. The van der Waals surface area contributed by atoms with Crippen LogP contribution < -0.4 is 11.2 Å². The van der Waals surface area contributed by atoms with E-state index in [1.165, 1.54) is 29.2 Å². The molecule has 1 fully saturated rings. The average molecular weight is 403 g/mol. The van der Waals surface area contributed by atoms with Crippen LogP contribution in [0.4, 0.5) is 16.2 Å². The van der Waals surface area contributed by atoms with Gasteiger partial charge in [0.25, 0.3) is 0 Å². The summed E-state index contributed by atoms with van der Waals surface area (Å²) in [4.78, 5) is 12.5. The number of fused-ring (bicyclic) bond motifs is 1. The first-order valence-electron chi connectivity index (χ1n) is 8.65. The maximum Gasteiger partial charge on any atom is 0.247 e.